The van der Waals surface area contributed by atoms with Crippen LogP contribution in [0, 0.1) is 5.92 Å². The number of carbonyl (C=O) groups is 1. The van der Waals surface area contributed by atoms with E-state index in [1.165, 1.54) is 0 Å². The van der Waals surface area contributed by atoms with E-state index in [1.54, 1.807) is 17.1 Å². The molecule has 5 nitrogen and oxygen atoms in total. The second-order valence-corrected chi connectivity index (χ2v) is 4.76. The minimum Gasteiger partial charge on any atom is -0.337 e. The summed E-state index contributed by atoms with van der Waals surface area (Å²) < 4.78 is 1.76. The molecule has 0 bridgehead atoms. The summed E-state index contributed by atoms with van der Waals surface area (Å²) in [7, 11) is 1.84. The van der Waals surface area contributed by atoms with Crippen LogP contribution in [0.1, 0.15) is 30.3 Å². The standard InChI is InChI=1S/C12H20N4O/c1-3-9-7-16(5-4-10(9)13)12(17)11-6-14-8-15(11)2/h6,8-10H,3-5,7,13H2,1-2H3. The van der Waals surface area contributed by atoms with Crippen molar-refractivity contribution in [3.63, 3.8) is 0 Å². The maximum absolute atomic E-state index is 12.3. The largest absolute Gasteiger partial charge is 0.337 e. The summed E-state index contributed by atoms with van der Waals surface area (Å²) in [6, 6.07) is 0.232. The van der Waals surface area contributed by atoms with E-state index >= 15 is 0 Å². The molecule has 1 saturated heterocycles. The van der Waals surface area contributed by atoms with E-state index in [4.69, 9.17) is 5.73 Å². The molecule has 5 heteroatoms. The number of rotatable bonds is 2. The topological polar surface area (TPSA) is 64.2 Å². The number of nitrogens with two attached hydrogens (primary N) is 1. The van der Waals surface area contributed by atoms with E-state index in [0.29, 0.717) is 11.6 Å². The van der Waals surface area contributed by atoms with Crippen LogP contribution < -0.4 is 5.73 Å². The first-order valence-corrected chi connectivity index (χ1v) is 6.14. The molecular formula is C12H20N4O. The zero-order valence-corrected chi connectivity index (χ0v) is 10.5. The molecule has 1 aliphatic heterocycles. The van der Waals surface area contributed by atoms with E-state index in [9.17, 15) is 4.79 Å². The lowest BCUT2D eigenvalue weighted by Gasteiger charge is -2.36. The molecule has 1 aromatic rings. The number of amides is 1. The third-order valence-corrected chi connectivity index (χ3v) is 3.64. The van der Waals surface area contributed by atoms with Crippen LogP contribution in [0.3, 0.4) is 0 Å². The summed E-state index contributed by atoms with van der Waals surface area (Å²) in [4.78, 5) is 18.2. The van der Waals surface area contributed by atoms with E-state index in [0.717, 1.165) is 25.9 Å². The lowest BCUT2D eigenvalue weighted by molar-refractivity contribution is 0.0639. The van der Waals surface area contributed by atoms with Gasteiger partial charge < -0.3 is 15.2 Å². The molecule has 0 radical (unpaired) electrons. The fraction of sp³-hybridized carbons (Fsp3) is 0.667. The first-order chi connectivity index (χ1) is 8.13. The van der Waals surface area contributed by atoms with Crippen LogP contribution >= 0.6 is 0 Å². The summed E-state index contributed by atoms with van der Waals surface area (Å²) in [5.41, 5.74) is 6.69. The quantitative estimate of drug-likeness (QED) is 0.818. The first-order valence-electron chi connectivity index (χ1n) is 6.14. The number of likely N-dealkylation sites (tertiary alicyclic amines) is 1. The summed E-state index contributed by atoms with van der Waals surface area (Å²) in [5.74, 6) is 0.483. The highest BCUT2D eigenvalue weighted by Gasteiger charge is 2.29. The van der Waals surface area contributed by atoms with E-state index in [2.05, 4.69) is 11.9 Å². The van der Waals surface area contributed by atoms with E-state index in [1.807, 2.05) is 11.9 Å². The van der Waals surface area contributed by atoms with Crippen LogP contribution in [0.4, 0.5) is 0 Å². The number of imidazole rings is 1. The highest BCUT2D eigenvalue weighted by Crippen LogP contribution is 2.20. The van der Waals surface area contributed by atoms with Gasteiger partial charge in [-0.3, -0.25) is 4.79 Å². The molecule has 94 valence electrons. The highest BCUT2D eigenvalue weighted by molar-refractivity contribution is 5.92. The van der Waals surface area contributed by atoms with Gasteiger partial charge >= 0.3 is 0 Å². The molecule has 1 fully saturated rings. The minimum absolute atomic E-state index is 0.0651. The molecule has 1 aromatic heterocycles. The van der Waals surface area contributed by atoms with Gasteiger partial charge in [-0.15, -0.1) is 0 Å². The molecule has 0 aliphatic carbocycles. The number of aromatic nitrogens is 2. The van der Waals surface area contributed by atoms with Gasteiger partial charge in [-0.2, -0.15) is 0 Å². The smallest absolute Gasteiger partial charge is 0.272 e. The summed E-state index contributed by atoms with van der Waals surface area (Å²) in [5, 5.41) is 0. The number of carbonyl (C=O) groups excluding carboxylic acids is 1. The van der Waals surface area contributed by atoms with Crippen LogP contribution in [-0.2, 0) is 7.05 Å². The Morgan fingerprint density at radius 3 is 3.00 bits per heavy atom. The van der Waals surface area contributed by atoms with Crippen LogP contribution in [0.5, 0.6) is 0 Å². The molecule has 0 spiro atoms. The Labute approximate surface area is 102 Å². The predicted molar refractivity (Wildman–Crippen MR) is 65.5 cm³/mol. The maximum atomic E-state index is 12.3. The molecule has 2 unspecified atom stereocenters. The van der Waals surface area contributed by atoms with Gasteiger partial charge in [0, 0.05) is 26.2 Å². The Bertz CT molecular complexity index is 401. The molecule has 2 rings (SSSR count). The lowest BCUT2D eigenvalue weighted by Crippen LogP contribution is -2.49. The molecular weight excluding hydrogens is 216 g/mol. The molecule has 0 saturated carbocycles. The van der Waals surface area contributed by atoms with Crippen molar-refractivity contribution in [1.82, 2.24) is 14.5 Å². The lowest BCUT2D eigenvalue weighted by atomic mass is 9.90. The van der Waals surface area contributed by atoms with E-state index in [-0.39, 0.29) is 11.9 Å². The third-order valence-electron chi connectivity index (χ3n) is 3.64. The van der Waals surface area contributed by atoms with Crippen molar-refractivity contribution in [2.24, 2.45) is 18.7 Å². The molecule has 2 N–H and O–H groups in total. The number of piperidine rings is 1. The van der Waals surface area contributed by atoms with Crippen molar-refractivity contribution in [2.45, 2.75) is 25.8 Å². The van der Waals surface area contributed by atoms with Gasteiger partial charge in [0.1, 0.15) is 5.69 Å². The Morgan fingerprint density at radius 2 is 2.41 bits per heavy atom. The third kappa shape index (κ3) is 2.34. The van der Waals surface area contributed by atoms with Crippen molar-refractivity contribution < 1.29 is 4.79 Å². The molecule has 2 atom stereocenters. The Morgan fingerprint density at radius 1 is 1.65 bits per heavy atom. The fourth-order valence-electron chi connectivity index (χ4n) is 2.39. The highest BCUT2D eigenvalue weighted by atomic mass is 16.2. The van der Waals surface area contributed by atoms with Crippen molar-refractivity contribution in [3.8, 4) is 0 Å². The zero-order valence-electron chi connectivity index (χ0n) is 10.5. The predicted octanol–water partition coefficient (Wildman–Crippen LogP) is 0.620. The normalized spacial score (nSPS) is 25.0. The fourth-order valence-corrected chi connectivity index (χ4v) is 2.39. The SMILES string of the molecule is CCC1CN(C(=O)c2cncn2C)CCC1N. The second-order valence-electron chi connectivity index (χ2n) is 4.76. The summed E-state index contributed by atoms with van der Waals surface area (Å²) >= 11 is 0. The van der Waals surface area contributed by atoms with Crippen LogP contribution in [0.15, 0.2) is 12.5 Å². The van der Waals surface area contributed by atoms with Crippen LogP contribution in [0.2, 0.25) is 0 Å². The van der Waals surface area contributed by atoms with Gasteiger partial charge in [0.15, 0.2) is 0 Å². The number of hydrogen-bond donors (Lipinski definition) is 1. The molecule has 0 aromatic carbocycles. The average Bonchev–Trinajstić information content (AvgIpc) is 2.75. The second kappa shape index (κ2) is 4.87. The zero-order chi connectivity index (χ0) is 12.4. The van der Waals surface area contributed by atoms with Crippen LogP contribution in [0.25, 0.3) is 0 Å². The van der Waals surface area contributed by atoms with Crippen molar-refractivity contribution >= 4 is 5.91 Å². The maximum Gasteiger partial charge on any atom is 0.272 e. The number of nitrogens with zero attached hydrogens (tertiary/aromatic N) is 3. The first kappa shape index (κ1) is 12.1. The van der Waals surface area contributed by atoms with Crippen molar-refractivity contribution in [3.05, 3.63) is 18.2 Å². The minimum atomic E-state index is 0.0651. The molecule has 17 heavy (non-hydrogen) atoms. The van der Waals surface area contributed by atoms with Gasteiger partial charge in [-0.25, -0.2) is 4.98 Å². The van der Waals surface area contributed by atoms with Gasteiger partial charge in [0.05, 0.1) is 12.5 Å². The van der Waals surface area contributed by atoms with E-state index < -0.39 is 0 Å². The average molecular weight is 236 g/mol. The van der Waals surface area contributed by atoms with Gasteiger partial charge in [0.2, 0.25) is 0 Å². The summed E-state index contributed by atoms with van der Waals surface area (Å²) in [6.45, 7) is 3.64. The van der Waals surface area contributed by atoms with Gasteiger partial charge in [-0.05, 0) is 12.3 Å². The molecule has 1 amide bonds. The van der Waals surface area contributed by atoms with Crippen molar-refractivity contribution in [1.29, 1.82) is 0 Å². The Balaban J connectivity index is 2.09. The van der Waals surface area contributed by atoms with Gasteiger partial charge in [-0.1, -0.05) is 13.3 Å². The Kier molecular flexibility index (Phi) is 3.47. The monoisotopic (exact) mass is 236 g/mol. The number of aryl methyl sites for hydroxylation is 1. The van der Waals surface area contributed by atoms with Crippen LogP contribution in [-0.4, -0.2) is 39.5 Å². The number of hydrogen-bond acceptors (Lipinski definition) is 3. The van der Waals surface area contributed by atoms with Crippen molar-refractivity contribution in [2.75, 3.05) is 13.1 Å². The van der Waals surface area contributed by atoms with Gasteiger partial charge in [0.25, 0.3) is 5.91 Å². The Hall–Kier alpha value is -1.36. The molecule has 1 aliphatic rings. The summed E-state index contributed by atoms with van der Waals surface area (Å²) in [6.07, 6.45) is 5.19. The molecule has 2 heterocycles.